The average molecular weight is 1350 g/mol. The van der Waals surface area contributed by atoms with Gasteiger partial charge in [0.1, 0.15) is 72.5 Å². The molecule has 4 aliphatic heterocycles. The summed E-state index contributed by atoms with van der Waals surface area (Å²) >= 11 is 0. The zero-order valence-electron chi connectivity index (χ0n) is 57.4. The van der Waals surface area contributed by atoms with Crippen molar-refractivity contribution in [3.63, 3.8) is 0 Å². The van der Waals surface area contributed by atoms with Crippen LogP contribution >= 0.6 is 0 Å². The van der Waals surface area contributed by atoms with E-state index in [1.54, 1.807) is 43.3 Å². The van der Waals surface area contributed by atoms with Gasteiger partial charge in [-0.3, -0.25) is 24.4 Å². The van der Waals surface area contributed by atoms with E-state index in [1.807, 2.05) is 44.4 Å². The van der Waals surface area contributed by atoms with Crippen molar-refractivity contribution in [2.45, 2.75) is 174 Å². The topological polar surface area (TPSA) is 209 Å². The number of hydrogen-bond acceptors (Lipinski definition) is 15. The molecular formula is C74H89F4N9O9Si. The van der Waals surface area contributed by atoms with E-state index < -0.39 is 72.9 Å². The quantitative estimate of drug-likeness (QED) is 0.0391. The van der Waals surface area contributed by atoms with Gasteiger partial charge in [-0.15, -0.1) is 5.54 Å². The molecule has 0 aliphatic carbocycles. The van der Waals surface area contributed by atoms with Crippen LogP contribution in [0, 0.1) is 46.6 Å². The number of amides is 3. The van der Waals surface area contributed by atoms with Gasteiger partial charge in [0.15, 0.2) is 11.6 Å². The first kappa shape index (κ1) is 70.0. The highest BCUT2D eigenvalue weighted by atomic mass is 28.3. The number of hydrogen-bond donors (Lipinski definition) is 3. The summed E-state index contributed by atoms with van der Waals surface area (Å²) in [5.74, 6) is -0.625. The second kappa shape index (κ2) is 28.6. The fourth-order valence-corrected chi connectivity index (χ4v) is 20.4. The van der Waals surface area contributed by atoms with Crippen molar-refractivity contribution in [1.29, 1.82) is 0 Å². The number of anilines is 1. The predicted octanol–water partition coefficient (Wildman–Crippen LogP) is 13.7. The summed E-state index contributed by atoms with van der Waals surface area (Å²) in [5, 5.41) is 30.3. The number of carbonyl (C=O) groups is 3. The number of nitrogens with one attached hydrogen (secondary N) is 1. The molecule has 3 N–H and O–H groups in total. The van der Waals surface area contributed by atoms with E-state index in [9.17, 15) is 33.4 Å². The van der Waals surface area contributed by atoms with Crippen LogP contribution in [0.25, 0.3) is 44.1 Å². The Kier molecular flexibility index (Phi) is 20.7. The van der Waals surface area contributed by atoms with E-state index in [4.69, 9.17) is 33.7 Å². The number of aliphatic hydroxyl groups is 1. The molecule has 0 spiro atoms. The molecule has 4 fully saturated rings. The van der Waals surface area contributed by atoms with Gasteiger partial charge in [-0.2, -0.15) is 9.97 Å². The van der Waals surface area contributed by atoms with Gasteiger partial charge in [0.25, 0.3) is 5.88 Å². The number of rotatable bonds is 19. The first-order valence-electron chi connectivity index (χ1n) is 34.0. The van der Waals surface area contributed by atoms with Gasteiger partial charge in [-0.05, 0) is 147 Å². The minimum atomic E-state index is -2.38. The Balaban J connectivity index is 0.762. The SMILES string of the molecule is CC(C)[C@@H](C(=O)N1C[C@H](O)C[C@H]1C(=O)N[C@@H](C)c1ccc(-c2c(F)cccc2F)cc1)c1cc(OCC2CCN(CCOc3nc(N4CC5CCC(C4)N5C(=O)OC(C)(C)C)c4cnc(-c5cc(O)cc6ccc(F)c(C#C[Si](C(C)C)(C(C)C)C(C)C)c56)c(F)c4n3)CC2)no1. The number of likely N-dealkylation sites (tertiary alicyclic amines) is 2. The number of phenolic OH excluding ortho intramolecular Hbond substituents is 1. The summed E-state index contributed by atoms with van der Waals surface area (Å²) in [6.07, 6.45) is 3.25. The van der Waals surface area contributed by atoms with Crippen molar-refractivity contribution < 1.29 is 60.9 Å². The Morgan fingerprint density at radius 2 is 1.48 bits per heavy atom. The van der Waals surface area contributed by atoms with Crippen LogP contribution in [-0.2, 0) is 14.3 Å². The summed E-state index contributed by atoms with van der Waals surface area (Å²) in [5.41, 5.74) is 4.62. The van der Waals surface area contributed by atoms with Crippen LogP contribution in [0.3, 0.4) is 0 Å². The number of aromatic nitrogens is 4. The van der Waals surface area contributed by atoms with E-state index >= 15 is 8.78 Å². The molecule has 6 atom stereocenters. The number of fused-ring (bicyclic) bond motifs is 4. The van der Waals surface area contributed by atoms with Crippen LogP contribution in [-0.4, -0.2) is 153 Å². The normalized spacial score (nSPS) is 19.3. The number of pyridine rings is 1. The highest BCUT2D eigenvalue weighted by molar-refractivity contribution is 6.90. The first-order chi connectivity index (χ1) is 46.1. The van der Waals surface area contributed by atoms with Gasteiger partial charge in [-0.25, -0.2) is 22.4 Å². The molecule has 7 aromatic rings. The van der Waals surface area contributed by atoms with Crippen LogP contribution < -0.4 is 19.7 Å². The molecule has 4 saturated heterocycles. The summed E-state index contributed by atoms with van der Waals surface area (Å²) < 4.78 is 87.6. The van der Waals surface area contributed by atoms with Crippen molar-refractivity contribution in [3.05, 3.63) is 119 Å². The number of aliphatic hydroxyl groups excluding tert-OH is 1. The number of β-amino-alcohol motifs (C(OH)–C–C–N with tert-alkyl or cyclic N) is 1. The maximum atomic E-state index is 17.9. The number of piperidine rings is 1. The minimum absolute atomic E-state index is 0.0273. The third-order valence-corrected chi connectivity index (χ3v) is 26.3. The van der Waals surface area contributed by atoms with Crippen molar-refractivity contribution in [2.24, 2.45) is 11.8 Å². The molecule has 97 heavy (non-hydrogen) atoms. The number of carbonyl (C=O) groups excluding carboxylic acids is 3. The second-order valence-electron chi connectivity index (χ2n) is 28.9. The molecule has 11 rings (SSSR count). The molecule has 7 heterocycles. The van der Waals surface area contributed by atoms with Crippen LogP contribution in [0.15, 0.2) is 83.5 Å². The number of piperazine rings is 1. The van der Waals surface area contributed by atoms with E-state index in [0.717, 1.165) is 25.7 Å². The lowest BCUT2D eigenvalue weighted by molar-refractivity contribution is -0.141. The lowest BCUT2D eigenvalue weighted by Gasteiger charge is -2.42. The van der Waals surface area contributed by atoms with E-state index in [-0.39, 0.29) is 118 Å². The number of nitrogens with zero attached hydrogens (tertiary/aromatic N) is 8. The molecule has 0 saturated carbocycles. The molecule has 4 aliphatic rings. The number of aromatic hydroxyl groups is 1. The maximum absolute atomic E-state index is 17.9. The molecule has 516 valence electrons. The molecule has 3 amide bonds. The largest absolute Gasteiger partial charge is 0.508 e. The zero-order valence-corrected chi connectivity index (χ0v) is 58.4. The van der Waals surface area contributed by atoms with Gasteiger partial charge in [0, 0.05) is 55.8 Å². The number of halogens is 4. The third-order valence-electron chi connectivity index (χ3n) is 20.1. The molecule has 18 nitrogen and oxygen atoms in total. The molecule has 2 bridgehead atoms. The lowest BCUT2D eigenvalue weighted by Crippen LogP contribution is -2.57. The highest BCUT2D eigenvalue weighted by Crippen LogP contribution is 2.44. The number of phenols is 1. The standard InChI is InChI=1S/C74H89F4N9O9Si/c1-41(2)63(71(91)86-39-53(89)34-60(86)70(90)80-45(9)47-16-18-48(19-17-47)65-58(76)14-13-15-59(65)77)61-35-62(83-96-61)94-40-46-24-27-84(28-25-46)29-30-93-72-81-68-56(69(82-72)85-37-50-21-22-51(38-85)87(50)73(92)95-74(10,11)12)36-79-67(66(68)78)55-33-52(88)32-49-20-23-57(75)54(64(49)55)26-31-97(42(3)4,43(5)6)44(7)8/h13-20,23,32-33,35-36,41-46,50-51,53,60,63,88-89H,21-22,24-25,27-30,34,37-40H2,1-12H3,(H,80,90)/t45-,50?,51?,53+,60-,63+/m0/s1. The van der Waals surface area contributed by atoms with Crippen molar-refractivity contribution >= 4 is 53.5 Å². The molecule has 2 unspecified atom stereocenters. The highest BCUT2D eigenvalue weighted by Gasteiger charge is 2.47. The van der Waals surface area contributed by atoms with E-state index in [0.29, 0.717) is 72.4 Å². The van der Waals surface area contributed by atoms with E-state index in [2.05, 4.69) is 68.4 Å². The summed E-state index contributed by atoms with van der Waals surface area (Å²) in [6.45, 7) is 27.2. The van der Waals surface area contributed by atoms with Gasteiger partial charge in [-0.1, -0.05) is 97.7 Å². The Bertz CT molecular complexity index is 4070. The van der Waals surface area contributed by atoms with Crippen LogP contribution in [0.2, 0.25) is 16.6 Å². The fraction of sp³-hybridized carbons (Fsp3) is 0.500. The Morgan fingerprint density at radius 1 is 0.814 bits per heavy atom. The summed E-state index contributed by atoms with van der Waals surface area (Å²) in [6, 6.07) is 15.6. The molecule has 4 aromatic carbocycles. The number of ether oxygens (including phenoxy) is 3. The second-order valence-corrected chi connectivity index (χ2v) is 34.5. The van der Waals surface area contributed by atoms with Crippen LogP contribution in [0.4, 0.5) is 28.2 Å². The Hall–Kier alpha value is -8.33. The zero-order chi connectivity index (χ0) is 69.5. The van der Waals surface area contributed by atoms with Crippen LogP contribution in [0.5, 0.6) is 17.6 Å². The number of benzene rings is 4. The molecule has 0 radical (unpaired) electrons. The van der Waals surface area contributed by atoms with Gasteiger partial charge in [0.2, 0.25) is 11.8 Å². The third kappa shape index (κ3) is 14.6. The summed E-state index contributed by atoms with van der Waals surface area (Å²) in [7, 11) is -2.38. The smallest absolute Gasteiger partial charge is 0.410 e. The lowest BCUT2D eigenvalue weighted by atomic mass is 9.91. The molecular weight excluding hydrogens is 1260 g/mol. The van der Waals surface area contributed by atoms with Gasteiger partial charge in [0.05, 0.1) is 47.3 Å². The minimum Gasteiger partial charge on any atom is -0.508 e. The average Bonchev–Trinajstić information content (AvgIpc) is 1.73. The first-order valence-corrected chi connectivity index (χ1v) is 36.2. The monoisotopic (exact) mass is 1350 g/mol. The van der Waals surface area contributed by atoms with Crippen molar-refractivity contribution in [3.8, 4) is 51.5 Å². The predicted molar refractivity (Wildman–Crippen MR) is 366 cm³/mol. The Labute approximate surface area is 565 Å². The maximum Gasteiger partial charge on any atom is 0.410 e. The van der Waals surface area contributed by atoms with E-state index in [1.165, 1.54) is 47.5 Å². The molecule has 23 heteroatoms. The van der Waals surface area contributed by atoms with Crippen LogP contribution in [0.1, 0.15) is 144 Å². The Morgan fingerprint density at radius 3 is 2.12 bits per heavy atom. The van der Waals surface area contributed by atoms with Crippen molar-refractivity contribution in [1.82, 2.24) is 40.1 Å². The van der Waals surface area contributed by atoms with Gasteiger partial charge >= 0.3 is 12.1 Å². The van der Waals surface area contributed by atoms with Crippen molar-refractivity contribution in [2.75, 3.05) is 57.4 Å². The molecule has 3 aromatic heterocycles. The fourth-order valence-electron chi connectivity index (χ4n) is 15.2. The van der Waals surface area contributed by atoms with Gasteiger partial charge < -0.3 is 44.1 Å². The summed E-state index contributed by atoms with van der Waals surface area (Å²) in [4.78, 5) is 63.8.